The number of nitrogens with zero attached hydrogens (tertiary/aromatic N) is 1. The lowest BCUT2D eigenvalue weighted by Gasteiger charge is -2.13. The number of benzene rings is 1. The Morgan fingerprint density at radius 2 is 1.85 bits per heavy atom. The van der Waals surface area contributed by atoms with Crippen molar-refractivity contribution in [3.8, 4) is 11.3 Å². The van der Waals surface area contributed by atoms with Crippen molar-refractivity contribution >= 4 is 0 Å². The van der Waals surface area contributed by atoms with Gasteiger partial charge in [0.1, 0.15) is 0 Å². The van der Waals surface area contributed by atoms with Crippen molar-refractivity contribution < 1.29 is 0 Å². The van der Waals surface area contributed by atoms with Crippen molar-refractivity contribution in [2.24, 2.45) is 7.05 Å². The molecule has 0 saturated heterocycles. The minimum absolute atomic E-state index is 0.0714. The summed E-state index contributed by atoms with van der Waals surface area (Å²) in [5, 5.41) is 3.36. The first-order valence-electron chi connectivity index (χ1n) is 7.11. The van der Waals surface area contributed by atoms with Crippen LogP contribution in [0.15, 0.2) is 47.3 Å². The van der Waals surface area contributed by atoms with E-state index in [0.717, 1.165) is 23.2 Å². The molecule has 0 aliphatic rings. The predicted molar refractivity (Wildman–Crippen MR) is 83.7 cm³/mol. The molecular weight excluding hydrogens is 248 g/mol. The van der Waals surface area contributed by atoms with Gasteiger partial charge in [-0.3, -0.25) is 4.79 Å². The highest BCUT2D eigenvalue weighted by molar-refractivity contribution is 5.59. The van der Waals surface area contributed by atoms with Gasteiger partial charge >= 0.3 is 0 Å². The number of pyridine rings is 1. The average Bonchev–Trinajstić information content (AvgIpc) is 2.49. The summed E-state index contributed by atoms with van der Waals surface area (Å²) in [6.07, 6.45) is 1.06. The van der Waals surface area contributed by atoms with Crippen LogP contribution in [0.3, 0.4) is 0 Å². The molecule has 1 N–H and O–H groups in total. The molecule has 3 heteroatoms. The van der Waals surface area contributed by atoms with Crippen LogP contribution in [0.5, 0.6) is 0 Å². The van der Waals surface area contributed by atoms with Crippen LogP contribution in [-0.2, 0) is 13.6 Å². The van der Waals surface area contributed by atoms with Gasteiger partial charge in [0.05, 0.1) is 5.69 Å². The summed E-state index contributed by atoms with van der Waals surface area (Å²) in [5.74, 6) is 0. The second-order valence-electron chi connectivity index (χ2n) is 5.16. The Hall–Kier alpha value is -1.87. The summed E-state index contributed by atoms with van der Waals surface area (Å²) >= 11 is 0. The fourth-order valence-corrected chi connectivity index (χ4v) is 2.15. The normalized spacial score (nSPS) is 12.3. The van der Waals surface area contributed by atoms with E-state index in [1.165, 1.54) is 0 Å². The summed E-state index contributed by atoms with van der Waals surface area (Å²) in [7, 11) is 1.83. The average molecular weight is 270 g/mol. The zero-order valence-electron chi connectivity index (χ0n) is 12.4. The van der Waals surface area contributed by atoms with E-state index >= 15 is 0 Å². The summed E-state index contributed by atoms with van der Waals surface area (Å²) < 4.78 is 1.73. The molecule has 2 aromatic rings. The Morgan fingerprint density at radius 3 is 2.50 bits per heavy atom. The number of nitrogens with one attached hydrogen (secondary N) is 1. The Morgan fingerprint density at radius 1 is 1.15 bits per heavy atom. The van der Waals surface area contributed by atoms with Crippen LogP contribution in [0.25, 0.3) is 11.3 Å². The maximum atomic E-state index is 12.4. The van der Waals surface area contributed by atoms with Gasteiger partial charge in [0.2, 0.25) is 0 Å². The SMILES string of the molecule is CCC(C)NCc1ccc(-c2ccccc2)n(C)c1=O. The van der Waals surface area contributed by atoms with Crippen molar-refractivity contribution in [1.82, 2.24) is 9.88 Å². The molecule has 106 valence electrons. The van der Waals surface area contributed by atoms with E-state index in [1.54, 1.807) is 4.57 Å². The summed E-state index contributed by atoms with van der Waals surface area (Å²) in [6.45, 7) is 4.88. The molecule has 1 aromatic carbocycles. The molecule has 0 radical (unpaired) electrons. The molecule has 20 heavy (non-hydrogen) atoms. The van der Waals surface area contributed by atoms with E-state index in [2.05, 4.69) is 19.2 Å². The van der Waals surface area contributed by atoms with E-state index in [-0.39, 0.29) is 5.56 Å². The second kappa shape index (κ2) is 6.53. The standard InChI is InChI=1S/C17H22N2O/c1-4-13(2)18-12-15-10-11-16(19(3)17(15)20)14-8-6-5-7-9-14/h5-11,13,18H,4,12H2,1-3H3. The molecule has 1 heterocycles. The van der Waals surface area contributed by atoms with E-state index in [0.29, 0.717) is 12.6 Å². The quantitative estimate of drug-likeness (QED) is 0.906. The molecule has 2 rings (SSSR count). The lowest BCUT2D eigenvalue weighted by molar-refractivity contribution is 0.531. The molecule has 0 spiro atoms. The minimum atomic E-state index is 0.0714. The third-order valence-corrected chi connectivity index (χ3v) is 3.71. The van der Waals surface area contributed by atoms with Crippen molar-refractivity contribution in [3.63, 3.8) is 0 Å². The van der Waals surface area contributed by atoms with Gasteiger partial charge in [0.15, 0.2) is 0 Å². The number of hydrogen-bond acceptors (Lipinski definition) is 2. The first-order valence-corrected chi connectivity index (χ1v) is 7.11. The summed E-state index contributed by atoms with van der Waals surface area (Å²) in [4.78, 5) is 12.4. The Bertz CT molecular complexity index is 617. The monoisotopic (exact) mass is 270 g/mol. The summed E-state index contributed by atoms with van der Waals surface area (Å²) in [5.41, 5.74) is 2.89. The molecular formula is C17H22N2O. The lowest BCUT2D eigenvalue weighted by Crippen LogP contribution is -2.30. The second-order valence-corrected chi connectivity index (χ2v) is 5.16. The third kappa shape index (κ3) is 3.17. The van der Waals surface area contributed by atoms with E-state index in [9.17, 15) is 4.79 Å². The van der Waals surface area contributed by atoms with Crippen LogP contribution < -0.4 is 10.9 Å². The molecule has 0 aliphatic carbocycles. The number of hydrogen-bond donors (Lipinski definition) is 1. The Balaban J connectivity index is 2.28. The van der Waals surface area contributed by atoms with Gasteiger partial charge in [-0.05, 0) is 25.0 Å². The zero-order valence-corrected chi connectivity index (χ0v) is 12.4. The van der Waals surface area contributed by atoms with E-state index in [1.807, 2.05) is 49.5 Å². The third-order valence-electron chi connectivity index (χ3n) is 3.71. The van der Waals surface area contributed by atoms with Crippen LogP contribution in [-0.4, -0.2) is 10.6 Å². The molecule has 0 aliphatic heterocycles. The van der Waals surface area contributed by atoms with Crippen molar-refractivity contribution in [3.05, 3.63) is 58.4 Å². The Kier molecular flexibility index (Phi) is 4.74. The van der Waals surface area contributed by atoms with Crippen LogP contribution in [0.1, 0.15) is 25.8 Å². The van der Waals surface area contributed by atoms with Crippen LogP contribution in [0.4, 0.5) is 0 Å². The van der Waals surface area contributed by atoms with Gasteiger partial charge in [-0.15, -0.1) is 0 Å². The fraction of sp³-hybridized carbons (Fsp3) is 0.353. The minimum Gasteiger partial charge on any atom is -0.311 e. The van der Waals surface area contributed by atoms with Gasteiger partial charge in [-0.2, -0.15) is 0 Å². The van der Waals surface area contributed by atoms with Gasteiger partial charge in [0, 0.05) is 25.2 Å². The topological polar surface area (TPSA) is 34.0 Å². The van der Waals surface area contributed by atoms with Crippen molar-refractivity contribution in [1.29, 1.82) is 0 Å². The molecule has 1 atom stereocenters. The summed E-state index contributed by atoms with van der Waals surface area (Å²) in [6, 6.07) is 14.4. The highest BCUT2D eigenvalue weighted by atomic mass is 16.1. The van der Waals surface area contributed by atoms with Crippen LogP contribution in [0.2, 0.25) is 0 Å². The smallest absolute Gasteiger partial charge is 0.255 e. The van der Waals surface area contributed by atoms with Gasteiger partial charge in [-0.1, -0.05) is 43.3 Å². The van der Waals surface area contributed by atoms with Gasteiger partial charge in [-0.25, -0.2) is 0 Å². The first kappa shape index (κ1) is 14.5. The number of rotatable bonds is 5. The van der Waals surface area contributed by atoms with Gasteiger partial charge < -0.3 is 9.88 Å². The highest BCUT2D eigenvalue weighted by Crippen LogP contribution is 2.16. The lowest BCUT2D eigenvalue weighted by atomic mass is 10.1. The molecule has 1 aromatic heterocycles. The maximum absolute atomic E-state index is 12.4. The van der Waals surface area contributed by atoms with Crippen LogP contribution >= 0.6 is 0 Å². The zero-order chi connectivity index (χ0) is 14.5. The van der Waals surface area contributed by atoms with E-state index in [4.69, 9.17) is 0 Å². The largest absolute Gasteiger partial charge is 0.311 e. The predicted octanol–water partition coefficient (Wildman–Crippen LogP) is 2.94. The van der Waals surface area contributed by atoms with E-state index < -0.39 is 0 Å². The molecule has 0 saturated carbocycles. The van der Waals surface area contributed by atoms with Gasteiger partial charge in [0.25, 0.3) is 5.56 Å². The molecule has 1 unspecified atom stereocenters. The first-order chi connectivity index (χ1) is 9.63. The van der Waals surface area contributed by atoms with Crippen LogP contribution in [0, 0.1) is 0 Å². The van der Waals surface area contributed by atoms with Crippen molar-refractivity contribution in [2.75, 3.05) is 0 Å². The molecule has 3 nitrogen and oxygen atoms in total. The fourth-order valence-electron chi connectivity index (χ4n) is 2.15. The van der Waals surface area contributed by atoms with Crippen molar-refractivity contribution in [2.45, 2.75) is 32.9 Å². The molecule has 0 bridgehead atoms. The maximum Gasteiger partial charge on any atom is 0.255 e. The highest BCUT2D eigenvalue weighted by Gasteiger charge is 2.08. The molecule has 0 amide bonds. The molecule has 0 fully saturated rings. The Labute approximate surface area is 120 Å². The number of aromatic nitrogens is 1.